The first-order chi connectivity index (χ1) is 11.5. The van der Waals surface area contributed by atoms with Gasteiger partial charge in [0.25, 0.3) is 5.56 Å². The predicted octanol–water partition coefficient (Wildman–Crippen LogP) is 5.41. The van der Waals surface area contributed by atoms with Gasteiger partial charge in [-0.1, -0.05) is 36.4 Å². The van der Waals surface area contributed by atoms with E-state index in [9.17, 15) is 4.79 Å². The topological polar surface area (TPSA) is 34.9 Å². The Morgan fingerprint density at radius 3 is 2.54 bits per heavy atom. The van der Waals surface area contributed by atoms with E-state index in [1.54, 1.807) is 16.3 Å². The summed E-state index contributed by atoms with van der Waals surface area (Å²) in [6.45, 7) is 4.18. The molecule has 3 nitrogen and oxygen atoms in total. The Balaban J connectivity index is 2.34. The molecule has 0 fully saturated rings. The van der Waals surface area contributed by atoms with Crippen molar-refractivity contribution < 1.29 is 0 Å². The smallest absolute Gasteiger partial charge is 0.266 e. The summed E-state index contributed by atoms with van der Waals surface area (Å²) in [5.74, 6) is 0.935. The molecular formula is C18H16I2N2OS. The lowest BCUT2D eigenvalue weighted by Crippen LogP contribution is -2.22. The first-order valence-electron chi connectivity index (χ1n) is 7.63. The number of aryl methyl sites for hydroxylation is 1. The van der Waals surface area contributed by atoms with Gasteiger partial charge in [-0.2, -0.15) is 0 Å². The fourth-order valence-electron chi connectivity index (χ4n) is 2.41. The van der Waals surface area contributed by atoms with Crippen molar-refractivity contribution in [3.8, 4) is 5.69 Å². The van der Waals surface area contributed by atoms with Gasteiger partial charge in [0.2, 0.25) is 0 Å². The van der Waals surface area contributed by atoms with Crippen molar-refractivity contribution in [1.82, 2.24) is 9.55 Å². The molecule has 0 unspecified atom stereocenters. The molecule has 0 N–H and O–H groups in total. The highest BCUT2D eigenvalue weighted by Crippen LogP contribution is 2.25. The number of fused-ring (bicyclic) bond motifs is 1. The normalized spacial score (nSPS) is 11.2. The number of halogens is 2. The standard InChI is InChI=1S/C18H16I2N2OS/c1-3-8-24-18-21-16-14(9-12(19)10-15(16)20)17(23)22(18)13-6-4-11(2)5-7-13/h4-7,9-10H,3,8H2,1-2H3. The van der Waals surface area contributed by atoms with Crippen molar-refractivity contribution >= 4 is 67.8 Å². The number of rotatable bonds is 4. The second-order valence-corrected chi connectivity index (χ2v) is 8.97. The fourth-order valence-corrected chi connectivity index (χ4v) is 5.23. The summed E-state index contributed by atoms with van der Waals surface area (Å²) in [6, 6.07) is 12.0. The van der Waals surface area contributed by atoms with E-state index in [2.05, 4.69) is 58.2 Å². The maximum Gasteiger partial charge on any atom is 0.266 e. The molecule has 2 aromatic carbocycles. The summed E-state index contributed by atoms with van der Waals surface area (Å²) in [4.78, 5) is 18.0. The van der Waals surface area contributed by atoms with E-state index in [-0.39, 0.29) is 5.56 Å². The zero-order chi connectivity index (χ0) is 17.3. The van der Waals surface area contributed by atoms with Crippen LogP contribution in [-0.4, -0.2) is 15.3 Å². The molecule has 0 radical (unpaired) electrons. The molecule has 0 saturated carbocycles. The molecule has 24 heavy (non-hydrogen) atoms. The Bertz CT molecular complexity index is 952. The van der Waals surface area contributed by atoms with E-state index in [1.807, 2.05) is 37.3 Å². The molecule has 0 aliphatic carbocycles. The van der Waals surface area contributed by atoms with Crippen molar-refractivity contribution in [1.29, 1.82) is 0 Å². The minimum absolute atomic E-state index is 0.00103. The van der Waals surface area contributed by atoms with Crippen LogP contribution in [0.1, 0.15) is 18.9 Å². The van der Waals surface area contributed by atoms with E-state index in [0.717, 1.165) is 35.7 Å². The Hall–Kier alpha value is -0.610. The zero-order valence-electron chi connectivity index (χ0n) is 13.3. The number of hydrogen-bond acceptors (Lipinski definition) is 3. The SMILES string of the molecule is CCCSc1nc2c(I)cc(I)cc2c(=O)n1-c1ccc(C)cc1. The minimum atomic E-state index is -0.00103. The van der Waals surface area contributed by atoms with Gasteiger partial charge in [0.15, 0.2) is 5.16 Å². The van der Waals surface area contributed by atoms with Gasteiger partial charge >= 0.3 is 0 Å². The van der Waals surface area contributed by atoms with E-state index >= 15 is 0 Å². The van der Waals surface area contributed by atoms with E-state index < -0.39 is 0 Å². The van der Waals surface area contributed by atoms with Gasteiger partial charge in [-0.15, -0.1) is 0 Å². The highest BCUT2D eigenvalue weighted by Gasteiger charge is 2.15. The number of hydrogen-bond donors (Lipinski definition) is 0. The van der Waals surface area contributed by atoms with Crippen molar-refractivity contribution in [2.24, 2.45) is 0 Å². The predicted molar refractivity (Wildman–Crippen MR) is 119 cm³/mol. The fraction of sp³-hybridized carbons (Fsp3) is 0.222. The number of benzene rings is 2. The molecule has 0 bridgehead atoms. The number of aromatic nitrogens is 2. The first kappa shape index (κ1) is 18.2. The second-order valence-electron chi connectivity index (χ2n) is 5.50. The van der Waals surface area contributed by atoms with Crippen LogP contribution in [0.2, 0.25) is 0 Å². The summed E-state index contributed by atoms with van der Waals surface area (Å²) in [7, 11) is 0. The molecule has 3 aromatic rings. The molecule has 0 amide bonds. The number of nitrogens with zero attached hydrogens (tertiary/aromatic N) is 2. The Kier molecular flexibility index (Phi) is 5.86. The molecule has 0 aliphatic rings. The van der Waals surface area contributed by atoms with Crippen molar-refractivity contribution in [3.05, 3.63) is 59.5 Å². The molecule has 0 saturated heterocycles. The summed E-state index contributed by atoms with van der Waals surface area (Å²) in [6.07, 6.45) is 1.04. The zero-order valence-corrected chi connectivity index (χ0v) is 18.5. The van der Waals surface area contributed by atoms with Crippen LogP contribution in [-0.2, 0) is 0 Å². The third-order valence-corrected chi connectivity index (χ3v) is 6.18. The van der Waals surface area contributed by atoms with Crippen LogP contribution >= 0.6 is 56.9 Å². The third kappa shape index (κ3) is 3.65. The highest BCUT2D eigenvalue weighted by molar-refractivity contribution is 14.1. The van der Waals surface area contributed by atoms with Crippen LogP contribution in [0.3, 0.4) is 0 Å². The molecule has 0 spiro atoms. The van der Waals surface area contributed by atoms with E-state index in [4.69, 9.17) is 4.98 Å². The summed E-state index contributed by atoms with van der Waals surface area (Å²) >= 11 is 6.14. The van der Waals surface area contributed by atoms with Gasteiger partial charge in [-0.05, 0) is 82.8 Å². The van der Waals surface area contributed by atoms with Crippen LogP contribution < -0.4 is 5.56 Å². The van der Waals surface area contributed by atoms with Crippen LogP contribution in [0.25, 0.3) is 16.6 Å². The summed E-state index contributed by atoms with van der Waals surface area (Å²) in [5, 5.41) is 1.44. The molecule has 3 rings (SSSR count). The largest absolute Gasteiger partial charge is 0.268 e. The van der Waals surface area contributed by atoms with Gasteiger partial charge in [0.1, 0.15) is 0 Å². The molecule has 0 atom stereocenters. The van der Waals surface area contributed by atoms with Gasteiger partial charge in [-0.25, -0.2) is 4.98 Å². The van der Waals surface area contributed by atoms with E-state index in [0.29, 0.717) is 5.39 Å². The summed E-state index contributed by atoms with van der Waals surface area (Å²) in [5.41, 5.74) is 2.83. The average Bonchev–Trinajstić information content (AvgIpc) is 2.55. The highest BCUT2D eigenvalue weighted by atomic mass is 127. The monoisotopic (exact) mass is 562 g/mol. The average molecular weight is 562 g/mol. The molecule has 1 aromatic heterocycles. The van der Waals surface area contributed by atoms with Gasteiger partial charge < -0.3 is 0 Å². The molecule has 1 heterocycles. The van der Waals surface area contributed by atoms with Crippen molar-refractivity contribution in [3.63, 3.8) is 0 Å². The molecule has 0 aliphatic heterocycles. The second kappa shape index (κ2) is 7.74. The Labute approximate surface area is 172 Å². The minimum Gasteiger partial charge on any atom is -0.268 e. The molecule has 6 heteroatoms. The number of thioether (sulfide) groups is 1. The Morgan fingerprint density at radius 2 is 1.88 bits per heavy atom. The van der Waals surface area contributed by atoms with Crippen LogP contribution in [0.4, 0.5) is 0 Å². The lowest BCUT2D eigenvalue weighted by molar-refractivity contribution is 0.817. The van der Waals surface area contributed by atoms with Crippen LogP contribution in [0, 0.1) is 14.1 Å². The van der Waals surface area contributed by atoms with Gasteiger partial charge in [0, 0.05) is 12.9 Å². The Morgan fingerprint density at radius 1 is 1.17 bits per heavy atom. The third-order valence-electron chi connectivity index (χ3n) is 3.59. The van der Waals surface area contributed by atoms with Gasteiger partial charge in [0.05, 0.1) is 16.6 Å². The molecule has 124 valence electrons. The van der Waals surface area contributed by atoms with Crippen LogP contribution in [0.15, 0.2) is 46.3 Å². The van der Waals surface area contributed by atoms with Crippen molar-refractivity contribution in [2.45, 2.75) is 25.4 Å². The van der Waals surface area contributed by atoms with Crippen LogP contribution in [0.5, 0.6) is 0 Å². The quantitative estimate of drug-likeness (QED) is 0.243. The maximum atomic E-state index is 13.2. The maximum absolute atomic E-state index is 13.2. The van der Waals surface area contributed by atoms with E-state index in [1.165, 1.54) is 5.56 Å². The lowest BCUT2D eigenvalue weighted by Gasteiger charge is -2.14. The van der Waals surface area contributed by atoms with Gasteiger partial charge in [-0.3, -0.25) is 9.36 Å². The summed E-state index contributed by atoms with van der Waals surface area (Å²) < 4.78 is 3.81. The van der Waals surface area contributed by atoms with Crippen molar-refractivity contribution in [2.75, 3.05) is 5.75 Å². The lowest BCUT2D eigenvalue weighted by atomic mass is 10.2. The first-order valence-corrected chi connectivity index (χ1v) is 10.8. The molecular weight excluding hydrogens is 546 g/mol.